The topological polar surface area (TPSA) is 58.2 Å². The summed E-state index contributed by atoms with van der Waals surface area (Å²) in [5.74, 6) is -0.190. The van der Waals surface area contributed by atoms with Gasteiger partial charge in [0.05, 0.1) is 0 Å². The third-order valence-electron chi connectivity index (χ3n) is 2.76. The minimum atomic E-state index is -0.388. The highest BCUT2D eigenvalue weighted by Crippen LogP contribution is 2.18. The number of carbonyl (C=O) groups is 2. The Hall–Kier alpha value is -1.11. The maximum absolute atomic E-state index is 11.9. The zero-order valence-corrected chi connectivity index (χ0v) is 11.6. The van der Waals surface area contributed by atoms with Gasteiger partial charge in [-0.05, 0) is 59.7 Å². The van der Waals surface area contributed by atoms with Crippen LogP contribution in [0.25, 0.3) is 0 Å². The average molecular weight is 344 g/mol. The second-order valence-electron chi connectivity index (χ2n) is 4.11. The molecule has 1 aliphatic rings. The molecule has 4 nitrogen and oxygen atoms in total. The van der Waals surface area contributed by atoms with E-state index < -0.39 is 0 Å². The van der Waals surface area contributed by atoms with E-state index in [2.05, 4.69) is 33.2 Å². The molecule has 0 bridgehead atoms. The van der Waals surface area contributed by atoms with Crippen molar-refractivity contribution in [3.05, 3.63) is 27.3 Å². The molecule has 1 heterocycles. The molecule has 2 rings (SSSR count). The van der Waals surface area contributed by atoms with Crippen molar-refractivity contribution in [3.63, 3.8) is 0 Å². The van der Waals surface area contributed by atoms with Crippen molar-refractivity contribution in [2.45, 2.75) is 25.8 Å². The number of halogens is 1. The Kier molecular flexibility index (Phi) is 3.66. The number of aryl methyl sites for hydroxylation is 1. The standard InChI is InChI=1S/C12H13IN2O2/c1-7-6-8(13)2-3-9(7)15-12(17)10-4-5-11(16)14-10/h2-3,6,10H,4-5H2,1H3,(H,14,16)(H,15,17)/t10-/m0/s1. The van der Waals surface area contributed by atoms with Crippen LogP contribution < -0.4 is 10.6 Å². The summed E-state index contributed by atoms with van der Waals surface area (Å²) >= 11 is 2.23. The van der Waals surface area contributed by atoms with E-state index in [0.29, 0.717) is 12.8 Å². The molecule has 0 spiro atoms. The van der Waals surface area contributed by atoms with Crippen LogP contribution in [0.2, 0.25) is 0 Å². The highest BCUT2D eigenvalue weighted by Gasteiger charge is 2.27. The molecule has 2 N–H and O–H groups in total. The van der Waals surface area contributed by atoms with Gasteiger partial charge >= 0.3 is 0 Å². The quantitative estimate of drug-likeness (QED) is 0.804. The monoisotopic (exact) mass is 344 g/mol. The van der Waals surface area contributed by atoms with Gasteiger partial charge in [0.15, 0.2) is 0 Å². The fourth-order valence-electron chi connectivity index (χ4n) is 1.80. The molecule has 1 aromatic rings. The summed E-state index contributed by atoms with van der Waals surface area (Å²) in [5.41, 5.74) is 1.83. The molecule has 2 amide bonds. The molecule has 0 aliphatic carbocycles. The van der Waals surface area contributed by atoms with Crippen LogP contribution in [0.4, 0.5) is 5.69 Å². The highest BCUT2D eigenvalue weighted by atomic mass is 127. The first-order chi connectivity index (χ1) is 8.06. The Labute approximate surface area is 113 Å². The first-order valence-corrected chi connectivity index (χ1v) is 6.50. The Bertz CT molecular complexity index is 474. The first-order valence-electron chi connectivity index (χ1n) is 5.42. The van der Waals surface area contributed by atoms with E-state index in [1.54, 1.807) is 0 Å². The summed E-state index contributed by atoms with van der Waals surface area (Å²) < 4.78 is 1.13. The van der Waals surface area contributed by atoms with Gasteiger partial charge in [-0.3, -0.25) is 9.59 Å². The number of carbonyl (C=O) groups excluding carboxylic acids is 2. The van der Waals surface area contributed by atoms with E-state index in [1.807, 2.05) is 25.1 Å². The lowest BCUT2D eigenvalue weighted by atomic mass is 10.1. The van der Waals surface area contributed by atoms with E-state index >= 15 is 0 Å². The third-order valence-corrected chi connectivity index (χ3v) is 3.43. The summed E-state index contributed by atoms with van der Waals surface area (Å²) in [5, 5.41) is 5.50. The average Bonchev–Trinajstić information content (AvgIpc) is 2.69. The number of rotatable bonds is 2. The maximum Gasteiger partial charge on any atom is 0.246 e. The molecule has 5 heteroatoms. The fraction of sp³-hybridized carbons (Fsp3) is 0.333. The summed E-state index contributed by atoms with van der Waals surface area (Å²) in [7, 11) is 0. The largest absolute Gasteiger partial charge is 0.344 e. The molecule has 0 saturated carbocycles. The summed E-state index contributed by atoms with van der Waals surface area (Å²) in [4.78, 5) is 22.9. The van der Waals surface area contributed by atoms with Gasteiger partial charge in [-0.15, -0.1) is 0 Å². The van der Waals surface area contributed by atoms with Crippen molar-refractivity contribution in [1.29, 1.82) is 0 Å². The number of hydrogen-bond acceptors (Lipinski definition) is 2. The zero-order chi connectivity index (χ0) is 12.4. The molecule has 1 aliphatic heterocycles. The van der Waals surface area contributed by atoms with Crippen molar-refractivity contribution < 1.29 is 9.59 Å². The number of anilines is 1. The molecular formula is C12H13IN2O2. The molecule has 1 atom stereocenters. The molecule has 90 valence electrons. The Morgan fingerprint density at radius 3 is 2.88 bits per heavy atom. The molecule has 17 heavy (non-hydrogen) atoms. The van der Waals surface area contributed by atoms with Crippen molar-refractivity contribution >= 4 is 40.1 Å². The van der Waals surface area contributed by atoms with Crippen LogP contribution in [0.15, 0.2) is 18.2 Å². The normalized spacial score (nSPS) is 18.9. The van der Waals surface area contributed by atoms with E-state index in [-0.39, 0.29) is 17.9 Å². The van der Waals surface area contributed by atoms with Gasteiger partial charge in [0.2, 0.25) is 11.8 Å². The highest BCUT2D eigenvalue weighted by molar-refractivity contribution is 14.1. The fourth-order valence-corrected chi connectivity index (χ4v) is 2.44. The third kappa shape index (κ3) is 2.96. The van der Waals surface area contributed by atoms with E-state index in [9.17, 15) is 9.59 Å². The van der Waals surface area contributed by atoms with E-state index in [1.165, 1.54) is 0 Å². The molecule has 1 aromatic carbocycles. The molecule has 0 aromatic heterocycles. The van der Waals surface area contributed by atoms with Crippen LogP contribution in [-0.2, 0) is 9.59 Å². The predicted octanol–water partition coefficient (Wildman–Crippen LogP) is 1.82. The number of nitrogens with one attached hydrogen (secondary N) is 2. The predicted molar refractivity (Wildman–Crippen MR) is 73.7 cm³/mol. The first kappa shape index (κ1) is 12.3. The Morgan fingerprint density at radius 2 is 2.29 bits per heavy atom. The summed E-state index contributed by atoms with van der Waals surface area (Å²) in [6.07, 6.45) is 1.01. The van der Waals surface area contributed by atoms with Crippen LogP contribution in [0.1, 0.15) is 18.4 Å². The molecule has 1 saturated heterocycles. The summed E-state index contributed by atoms with van der Waals surface area (Å²) in [6.45, 7) is 1.95. The van der Waals surface area contributed by atoms with Gasteiger partial charge in [-0.2, -0.15) is 0 Å². The lowest BCUT2D eigenvalue weighted by Crippen LogP contribution is -2.37. The van der Waals surface area contributed by atoms with Gasteiger partial charge < -0.3 is 10.6 Å². The van der Waals surface area contributed by atoms with Crippen molar-refractivity contribution in [3.8, 4) is 0 Å². The molecule has 0 radical (unpaired) electrons. The molecule has 0 unspecified atom stereocenters. The van der Waals surface area contributed by atoms with Crippen molar-refractivity contribution in [1.82, 2.24) is 5.32 Å². The number of hydrogen-bond donors (Lipinski definition) is 2. The molecular weight excluding hydrogens is 331 g/mol. The number of benzene rings is 1. The van der Waals surface area contributed by atoms with Crippen LogP contribution >= 0.6 is 22.6 Å². The van der Waals surface area contributed by atoms with Crippen LogP contribution in [0.3, 0.4) is 0 Å². The lowest BCUT2D eigenvalue weighted by molar-refractivity contribution is -0.122. The second kappa shape index (κ2) is 5.03. The minimum Gasteiger partial charge on any atom is -0.344 e. The van der Waals surface area contributed by atoms with Gasteiger partial charge in [-0.25, -0.2) is 0 Å². The Morgan fingerprint density at radius 1 is 1.53 bits per heavy atom. The zero-order valence-electron chi connectivity index (χ0n) is 9.42. The SMILES string of the molecule is Cc1cc(I)ccc1NC(=O)[C@@H]1CCC(=O)N1. The maximum atomic E-state index is 11.9. The van der Waals surface area contributed by atoms with E-state index in [0.717, 1.165) is 14.8 Å². The van der Waals surface area contributed by atoms with Crippen LogP contribution in [-0.4, -0.2) is 17.9 Å². The van der Waals surface area contributed by atoms with Crippen molar-refractivity contribution in [2.24, 2.45) is 0 Å². The van der Waals surface area contributed by atoms with Gasteiger partial charge in [0.25, 0.3) is 0 Å². The van der Waals surface area contributed by atoms with Crippen LogP contribution in [0.5, 0.6) is 0 Å². The van der Waals surface area contributed by atoms with Crippen LogP contribution in [0, 0.1) is 10.5 Å². The molecule has 1 fully saturated rings. The van der Waals surface area contributed by atoms with Gasteiger partial charge in [0, 0.05) is 15.7 Å². The van der Waals surface area contributed by atoms with Crippen molar-refractivity contribution in [2.75, 3.05) is 5.32 Å². The second-order valence-corrected chi connectivity index (χ2v) is 5.35. The Balaban J connectivity index is 2.05. The summed E-state index contributed by atoms with van der Waals surface area (Å²) in [6, 6.07) is 5.44. The van der Waals surface area contributed by atoms with Gasteiger partial charge in [-0.1, -0.05) is 0 Å². The smallest absolute Gasteiger partial charge is 0.246 e. The number of amides is 2. The minimum absolute atomic E-state index is 0.0514. The lowest BCUT2D eigenvalue weighted by Gasteiger charge is -2.12. The van der Waals surface area contributed by atoms with E-state index in [4.69, 9.17) is 0 Å². The van der Waals surface area contributed by atoms with Gasteiger partial charge in [0.1, 0.15) is 6.04 Å².